The van der Waals surface area contributed by atoms with Gasteiger partial charge in [-0.3, -0.25) is 9.59 Å². The first-order valence-corrected chi connectivity index (χ1v) is 10.3. The molecule has 3 rings (SSSR count). The molecule has 164 valence electrons. The van der Waals surface area contributed by atoms with E-state index in [1.54, 1.807) is 41.3 Å². The molecule has 4 amide bonds. The number of anilines is 1. The highest BCUT2D eigenvalue weighted by atomic mass is 16.5. The Balaban J connectivity index is 1.58. The molecule has 0 radical (unpaired) electrons. The van der Waals surface area contributed by atoms with Crippen LogP contribution in [0.5, 0.6) is 0 Å². The number of hydrogen-bond donors (Lipinski definition) is 3. The Morgan fingerprint density at radius 2 is 1.68 bits per heavy atom. The topological polar surface area (TPSA) is 99.8 Å². The van der Waals surface area contributed by atoms with Crippen LogP contribution in [0.25, 0.3) is 0 Å². The Morgan fingerprint density at radius 1 is 1.00 bits per heavy atom. The lowest BCUT2D eigenvalue weighted by atomic mass is 10.1. The van der Waals surface area contributed by atoms with Crippen molar-refractivity contribution in [1.29, 1.82) is 0 Å². The highest BCUT2D eigenvalue weighted by Crippen LogP contribution is 2.15. The van der Waals surface area contributed by atoms with Gasteiger partial charge < -0.3 is 25.6 Å². The van der Waals surface area contributed by atoms with Crippen molar-refractivity contribution in [2.45, 2.75) is 26.4 Å². The average molecular weight is 425 g/mol. The number of amides is 4. The number of hydrogen-bond acceptors (Lipinski definition) is 4. The maximum Gasteiger partial charge on any atom is 0.319 e. The van der Waals surface area contributed by atoms with Crippen molar-refractivity contribution < 1.29 is 19.1 Å². The molecule has 2 aromatic rings. The van der Waals surface area contributed by atoms with Crippen molar-refractivity contribution in [2.75, 3.05) is 31.6 Å². The molecule has 1 fully saturated rings. The predicted octanol–water partition coefficient (Wildman–Crippen LogP) is 2.62. The molecule has 0 aliphatic carbocycles. The van der Waals surface area contributed by atoms with Gasteiger partial charge in [-0.2, -0.15) is 0 Å². The highest BCUT2D eigenvalue weighted by Gasteiger charge is 2.18. The number of urea groups is 1. The van der Waals surface area contributed by atoms with Crippen LogP contribution < -0.4 is 16.0 Å². The predicted molar refractivity (Wildman–Crippen MR) is 118 cm³/mol. The van der Waals surface area contributed by atoms with Gasteiger partial charge in [-0.15, -0.1) is 0 Å². The fraction of sp³-hybridized carbons (Fsp3) is 0.348. The second-order valence-corrected chi connectivity index (χ2v) is 7.58. The molecular formula is C23H28N4O4. The number of morpholine rings is 1. The number of para-hydroxylation sites is 1. The third kappa shape index (κ3) is 6.29. The Labute approximate surface area is 182 Å². The largest absolute Gasteiger partial charge is 0.378 e. The molecule has 0 saturated carbocycles. The molecule has 1 aliphatic rings. The molecule has 8 nitrogen and oxygen atoms in total. The number of nitrogens with zero attached hydrogens (tertiary/aromatic N) is 1. The van der Waals surface area contributed by atoms with Gasteiger partial charge in [-0.05, 0) is 43.7 Å². The van der Waals surface area contributed by atoms with Crippen LogP contribution in [0, 0.1) is 0 Å². The summed E-state index contributed by atoms with van der Waals surface area (Å²) in [5.74, 6) is -0.313. The van der Waals surface area contributed by atoms with E-state index in [0.717, 1.165) is 5.56 Å². The van der Waals surface area contributed by atoms with Crippen LogP contribution in [0.2, 0.25) is 0 Å². The van der Waals surface area contributed by atoms with Crippen LogP contribution in [0.4, 0.5) is 10.5 Å². The van der Waals surface area contributed by atoms with Crippen molar-refractivity contribution >= 4 is 23.5 Å². The van der Waals surface area contributed by atoms with Crippen LogP contribution in [0.1, 0.15) is 40.1 Å². The van der Waals surface area contributed by atoms with Crippen LogP contribution >= 0.6 is 0 Å². The lowest BCUT2D eigenvalue weighted by molar-refractivity contribution is 0.0303. The molecule has 0 aromatic heterocycles. The van der Waals surface area contributed by atoms with Gasteiger partial charge in [0, 0.05) is 31.2 Å². The SMILES string of the molecule is CC(C)NC(=O)Nc1ccccc1C(=O)NCc1ccc(C(=O)N2CCOCC2)cc1. The maximum atomic E-state index is 12.7. The van der Waals surface area contributed by atoms with Crippen molar-refractivity contribution in [3.8, 4) is 0 Å². The monoisotopic (exact) mass is 424 g/mol. The zero-order chi connectivity index (χ0) is 22.2. The van der Waals surface area contributed by atoms with Crippen LogP contribution in [-0.2, 0) is 11.3 Å². The fourth-order valence-corrected chi connectivity index (χ4v) is 3.20. The number of carbonyl (C=O) groups is 3. The Morgan fingerprint density at radius 3 is 2.35 bits per heavy atom. The Bertz CT molecular complexity index is 921. The molecule has 1 aliphatic heterocycles. The molecule has 1 saturated heterocycles. The lowest BCUT2D eigenvalue weighted by Gasteiger charge is -2.26. The molecule has 1 heterocycles. The van der Waals surface area contributed by atoms with Crippen molar-refractivity contribution in [2.24, 2.45) is 0 Å². The third-order valence-electron chi connectivity index (χ3n) is 4.79. The van der Waals surface area contributed by atoms with E-state index in [1.807, 2.05) is 26.0 Å². The van der Waals surface area contributed by atoms with Gasteiger partial charge in [-0.25, -0.2) is 4.79 Å². The molecular weight excluding hydrogens is 396 g/mol. The number of rotatable bonds is 6. The van der Waals surface area contributed by atoms with Gasteiger partial charge in [0.1, 0.15) is 0 Å². The first kappa shape index (κ1) is 22.3. The van der Waals surface area contributed by atoms with E-state index in [2.05, 4.69) is 16.0 Å². The van der Waals surface area contributed by atoms with Gasteiger partial charge in [0.25, 0.3) is 11.8 Å². The summed E-state index contributed by atoms with van der Waals surface area (Å²) >= 11 is 0. The normalized spacial score (nSPS) is 13.6. The zero-order valence-corrected chi connectivity index (χ0v) is 17.8. The quantitative estimate of drug-likeness (QED) is 0.664. The minimum absolute atomic E-state index is 0.0147. The number of carbonyl (C=O) groups excluding carboxylic acids is 3. The van der Waals surface area contributed by atoms with E-state index in [0.29, 0.717) is 49.7 Å². The van der Waals surface area contributed by atoms with Gasteiger partial charge >= 0.3 is 6.03 Å². The summed E-state index contributed by atoms with van der Waals surface area (Å²) in [4.78, 5) is 38.9. The minimum Gasteiger partial charge on any atom is -0.378 e. The van der Waals surface area contributed by atoms with Crippen LogP contribution in [-0.4, -0.2) is 55.1 Å². The summed E-state index contributed by atoms with van der Waals surface area (Å²) in [5, 5.41) is 8.30. The Kier molecular flexibility index (Phi) is 7.61. The molecule has 2 aromatic carbocycles. The smallest absolute Gasteiger partial charge is 0.319 e. The van der Waals surface area contributed by atoms with E-state index in [9.17, 15) is 14.4 Å². The first-order chi connectivity index (χ1) is 14.9. The van der Waals surface area contributed by atoms with E-state index >= 15 is 0 Å². The van der Waals surface area contributed by atoms with Gasteiger partial charge in [0.05, 0.1) is 24.5 Å². The van der Waals surface area contributed by atoms with E-state index in [1.165, 1.54) is 0 Å². The molecule has 31 heavy (non-hydrogen) atoms. The highest BCUT2D eigenvalue weighted by molar-refractivity contribution is 6.03. The molecule has 3 N–H and O–H groups in total. The van der Waals surface area contributed by atoms with Crippen molar-refractivity contribution in [3.05, 3.63) is 65.2 Å². The fourth-order valence-electron chi connectivity index (χ4n) is 3.20. The van der Waals surface area contributed by atoms with E-state index in [4.69, 9.17) is 4.74 Å². The molecule has 0 atom stereocenters. The summed E-state index contributed by atoms with van der Waals surface area (Å²) in [6, 6.07) is 13.7. The summed E-state index contributed by atoms with van der Waals surface area (Å²) in [6.45, 7) is 6.34. The van der Waals surface area contributed by atoms with Crippen molar-refractivity contribution in [3.63, 3.8) is 0 Å². The summed E-state index contributed by atoms with van der Waals surface area (Å²) < 4.78 is 5.28. The van der Waals surface area contributed by atoms with Crippen LogP contribution in [0.15, 0.2) is 48.5 Å². The minimum atomic E-state index is -0.365. The lowest BCUT2D eigenvalue weighted by Crippen LogP contribution is -2.40. The maximum absolute atomic E-state index is 12.7. The third-order valence-corrected chi connectivity index (χ3v) is 4.79. The Hall–Kier alpha value is -3.39. The van der Waals surface area contributed by atoms with Gasteiger partial charge in [-0.1, -0.05) is 24.3 Å². The standard InChI is InChI=1S/C23H28N4O4/c1-16(2)25-23(30)26-20-6-4-3-5-19(20)21(28)24-15-17-7-9-18(10-8-17)22(29)27-11-13-31-14-12-27/h3-10,16H,11-15H2,1-2H3,(H,24,28)(H2,25,26,30). The van der Waals surface area contributed by atoms with Crippen molar-refractivity contribution in [1.82, 2.24) is 15.5 Å². The average Bonchev–Trinajstić information content (AvgIpc) is 2.77. The zero-order valence-electron chi connectivity index (χ0n) is 17.8. The number of nitrogens with one attached hydrogen (secondary N) is 3. The summed E-state index contributed by atoms with van der Waals surface area (Å²) in [7, 11) is 0. The molecule has 0 unspecified atom stereocenters. The molecule has 0 bridgehead atoms. The van der Waals surface area contributed by atoms with Gasteiger partial charge in [0.15, 0.2) is 0 Å². The second-order valence-electron chi connectivity index (χ2n) is 7.58. The summed E-state index contributed by atoms with van der Waals surface area (Å²) in [6.07, 6.45) is 0. The summed E-state index contributed by atoms with van der Waals surface area (Å²) in [5.41, 5.74) is 2.29. The second kappa shape index (κ2) is 10.6. The number of benzene rings is 2. The number of ether oxygens (including phenoxy) is 1. The van der Waals surface area contributed by atoms with E-state index in [-0.39, 0.29) is 23.9 Å². The van der Waals surface area contributed by atoms with E-state index < -0.39 is 0 Å². The molecule has 0 spiro atoms. The van der Waals surface area contributed by atoms with Gasteiger partial charge in [0.2, 0.25) is 0 Å². The van der Waals surface area contributed by atoms with Crippen LogP contribution in [0.3, 0.4) is 0 Å². The first-order valence-electron chi connectivity index (χ1n) is 10.3. The molecule has 8 heteroatoms.